The summed E-state index contributed by atoms with van der Waals surface area (Å²) in [5.74, 6) is 1.09. The molecule has 2 aromatic carbocycles. The zero-order valence-corrected chi connectivity index (χ0v) is 14.9. The summed E-state index contributed by atoms with van der Waals surface area (Å²) in [6.07, 6.45) is 3.03. The molecule has 0 spiro atoms. The van der Waals surface area contributed by atoms with Gasteiger partial charge in [-0.05, 0) is 42.8 Å². The summed E-state index contributed by atoms with van der Waals surface area (Å²) in [5.41, 5.74) is 1.64. The molecule has 1 N–H and O–H groups in total. The monoisotopic (exact) mass is 360 g/mol. The zero-order chi connectivity index (χ0) is 18.3. The van der Waals surface area contributed by atoms with E-state index >= 15 is 0 Å². The first kappa shape index (κ1) is 18.5. The van der Waals surface area contributed by atoms with E-state index in [2.05, 4.69) is 16.5 Å². The van der Waals surface area contributed by atoms with Gasteiger partial charge < -0.3 is 9.47 Å². The molecule has 25 heavy (non-hydrogen) atoms. The van der Waals surface area contributed by atoms with E-state index in [1.807, 2.05) is 6.92 Å². The molecule has 0 amide bonds. The van der Waals surface area contributed by atoms with Gasteiger partial charge in [-0.3, -0.25) is 0 Å². The van der Waals surface area contributed by atoms with Crippen LogP contribution >= 0.6 is 0 Å². The van der Waals surface area contributed by atoms with Crippen LogP contribution in [-0.4, -0.2) is 28.3 Å². The zero-order valence-electron chi connectivity index (χ0n) is 14.1. The Morgan fingerprint density at radius 1 is 1.16 bits per heavy atom. The van der Waals surface area contributed by atoms with Gasteiger partial charge >= 0.3 is 0 Å². The van der Waals surface area contributed by atoms with Crippen LogP contribution in [0.3, 0.4) is 0 Å². The molecule has 0 radical (unpaired) electrons. The number of nitrogens with zero attached hydrogens (tertiary/aromatic N) is 1. The van der Waals surface area contributed by atoms with Crippen LogP contribution in [0.5, 0.6) is 11.5 Å². The molecular weight excluding hydrogens is 340 g/mol. The third kappa shape index (κ3) is 5.09. The summed E-state index contributed by atoms with van der Waals surface area (Å²) in [4.78, 5) is 2.34. The lowest BCUT2D eigenvalue weighted by Crippen LogP contribution is -2.18. The average molecular weight is 360 g/mol. The van der Waals surface area contributed by atoms with Gasteiger partial charge in [-0.15, -0.1) is 0 Å². The maximum atomic E-state index is 12.2. The Morgan fingerprint density at radius 3 is 2.52 bits per heavy atom. The summed E-state index contributed by atoms with van der Waals surface area (Å²) < 4.78 is 35.0. The normalized spacial score (nSPS) is 11.3. The molecule has 6 nitrogen and oxygen atoms in total. The number of hydrogen-bond donors (Lipinski definition) is 1. The highest BCUT2D eigenvalue weighted by Gasteiger charge is 2.12. The molecular formula is C18H20N2O4S. The Labute approximate surface area is 147 Å². The third-order valence-electron chi connectivity index (χ3n) is 3.26. The van der Waals surface area contributed by atoms with Crippen molar-refractivity contribution in [1.82, 2.24) is 4.83 Å². The lowest BCUT2D eigenvalue weighted by molar-refractivity contribution is 0.326. The number of rotatable bonds is 8. The summed E-state index contributed by atoms with van der Waals surface area (Å²) in [6, 6.07) is 11.7. The van der Waals surface area contributed by atoms with Crippen LogP contribution in [0.1, 0.15) is 11.1 Å². The predicted octanol–water partition coefficient (Wildman–Crippen LogP) is 2.88. The first-order chi connectivity index (χ1) is 12.0. The fraction of sp³-hybridized carbons (Fsp3) is 0.167. The predicted molar refractivity (Wildman–Crippen MR) is 97.8 cm³/mol. The topological polar surface area (TPSA) is 77.0 Å². The second-order valence-electron chi connectivity index (χ2n) is 5.18. The van der Waals surface area contributed by atoms with Crippen molar-refractivity contribution in [3.8, 4) is 11.5 Å². The number of methoxy groups -OCH3 is 1. The quantitative estimate of drug-likeness (QED) is 0.446. The minimum absolute atomic E-state index is 0.154. The molecule has 132 valence electrons. The van der Waals surface area contributed by atoms with Crippen LogP contribution in [0, 0.1) is 6.92 Å². The largest absolute Gasteiger partial charge is 0.493 e. The van der Waals surface area contributed by atoms with Crippen LogP contribution in [0.15, 0.2) is 65.1 Å². The van der Waals surface area contributed by atoms with E-state index in [0.717, 1.165) is 5.56 Å². The average Bonchev–Trinajstić information content (AvgIpc) is 2.60. The van der Waals surface area contributed by atoms with Gasteiger partial charge in [0.25, 0.3) is 10.0 Å². The van der Waals surface area contributed by atoms with E-state index in [4.69, 9.17) is 9.47 Å². The number of benzene rings is 2. The highest BCUT2D eigenvalue weighted by molar-refractivity contribution is 7.89. The van der Waals surface area contributed by atoms with Crippen LogP contribution < -0.4 is 14.3 Å². The van der Waals surface area contributed by atoms with Crippen LogP contribution in [0.2, 0.25) is 0 Å². The summed E-state index contributed by atoms with van der Waals surface area (Å²) >= 11 is 0. The number of sulfonamides is 1. The van der Waals surface area contributed by atoms with Gasteiger partial charge in [-0.25, -0.2) is 4.83 Å². The molecule has 0 saturated carbocycles. The van der Waals surface area contributed by atoms with Crippen molar-refractivity contribution in [3.63, 3.8) is 0 Å². The highest BCUT2D eigenvalue weighted by Crippen LogP contribution is 2.27. The Kier molecular flexibility index (Phi) is 6.19. The number of ether oxygens (including phenoxy) is 2. The van der Waals surface area contributed by atoms with Crippen LogP contribution in [0.4, 0.5) is 0 Å². The fourth-order valence-corrected chi connectivity index (χ4v) is 2.76. The lowest BCUT2D eigenvalue weighted by Gasteiger charge is -2.09. The molecule has 0 aromatic heterocycles. The number of hydrogen-bond acceptors (Lipinski definition) is 5. The lowest BCUT2D eigenvalue weighted by atomic mass is 10.2. The molecule has 2 rings (SSSR count). The van der Waals surface area contributed by atoms with Gasteiger partial charge in [-0.1, -0.05) is 30.4 Å². The summed E-state index contributed by atoms with van der Waals surface area (Å²) in [7, 11) is -2.17. The van der Waals surface area contributed by atoms with Crippen LogP contribution in [-0.2, 0) is 10.0 Å². The molecule has 7 heteroatoms. The van der Waals surface area contributed by atoms with Gasteiger partial charge in [0.15, 0.2) is 11.5 Å². The van der Waals surface area contributed by atoms with Gasteiger partial charge in [-0.2, -0.15) is 13.5 Å². The Hall–Kier alpha value is -2.80. The smallest absolute Gasteiger partial charge is 0.276 e. The molecule has 0 atom stereocenters. The number of aryl methyl sites for hydroxylation is 1. The molecule has 0 aliphatic heterocycles. The summed E-state index contributed by atoms with van der Waals surface area (Å²) in [5, 5.41) is 3.80. The number of hydrazone groups is 1. The van der Waals surface area contributed by atoms with Crippen LogP contribution in [0.25, 0.3) is 0 Å². The molecule has 0 unspecified atom stereocenters. The van der Waals surface area contributed by atoms with Crippen molar-refractivity contribution in [2.45, 2.75) is 11.8 Å². The highest BCUT2D eigenvalue weighted by atomic mass is 32.2. The van der Waals surface area contributed by atoms with Gasteiger partial charge in [0.1, 0.15) is 6.61 Å². The first-order valence-electron chi connectivity index (χ1n) is 7.49. The van der Waals surface area contributed by atoms with Crippen molar-refractivity contribution < 1.29 is 17.9 Å². The molecule has 0 aliphatic carbocycles. The van der Waals surface area contributed by atoms with E-state index in [1.54, 1.807) is 36.4 Å². The van der Waals surface area contributed by atoms with E-state index in [-0.39, 0.29) is 4.90 Å². The van der Waals surface area contributed by atoms with Crippen molar-refractivity contribution in [2.75, 3.05) is 13.7 Å². The fourth-order valence-electron chi connectivity index (χ4n) is 1.97. The summed E-state index contributed by atoms with van der Waals surface area (Å²) in [6.45, 7) is 5.84. The molecule has 0 fully saturated rings. The van der Waals surface area contributed by atoms with Gasteiger partial charge in [0.2, 0.25) is 0 Å². The molecule has 0 aliphatic rings. The maximum Gasteiger partial charge on any atom is 0.276 e. The van der Waals surface area contributed by atoms with E-state index < -0.39 is 10.0 Å². The molecule has 0 bridgehead atoms. The minimum Gasteiger partial charge on any atom is -0.493 e. The molecule has 0 heterocycles. The molecule has 0 saturated heterocycles. The van der Waals surface area contributed by atoms with E-state index in [9.17, 15) is 8.42 Å². The van der Waals surface area contributed by atoms with E-state index in [0.29, 0.717) is 23.7 Å². The Balaban J connectivity index is 2.11. The van der Waals surface area contributed by atoms with Crippen molar-refractivity contribution >= 4 is 16.2 Å². The standard InChI is InChI=1S/C18H20N2O4S/c1-4-11-24-17-10-7-15(12-18(17)23-3)13-19-20-25(21,22)16-8-5-14(2)6-9-16/h4-10,12-13,20H,1,11H2,2-3H3/b19-13-. The maximum absolute atomic E-state index is 12.2. The SMILES string of the molecule is C=CCOc1ccc(/C=N\NS(=O)(=O)c2ccc(C)cc2)cc1OC. The third-order valence-corrected chi connectivity index (χ3v) is 4.50. The Bertz CT molecular complexity index is 859. The Morgan fingerprint density at radius 2 is 1.88 bits per heavy atom. The second-order valence-corrected chi connectivity index (χ2v) is 6.84. The molecule has 2 aromatic rings. The van der Waals surface area contributed by atoms with Gasteiger partial charge in [0, 0.05) is 0 Å². The first-order valence-corrected chi connectivity index (χ1v) is 8.98. The second kappa shape index (κ2) is 8.34. The van der Waals surface area contributed by atoms with Gasteiger partial charge in [0.05, 0.1) is 18.2 Å². The minimum atomic E-state index is -3.70. The van der Waals surface area contributed by atoms with Crippen molar-refractivity contribution in [3.05, 3.63) is 66.2 Å². The van der Waals surface area contributed by atoms with Crippen molar-refractivity contribution in [1.29, 1.82) is 0 Å². The van der Waals surface area contributed by atoms with E-state index in [1.165, 1.54) is 25.5 Å². The number of nitrogens with one attached hydrogen (secondary N) is 1. The van der Waals surface area contributed by atoms with Crippen molar-refractivity contribution in [2.24, 2.45) is 5.10 Å².